The standard InChI is InChI=1S/C11H15BrClN3/c12-10-5-7(13)6-15-11(10)16-9-3-1-8(14)2-4-9/h5-6,8-9H,1-4,14H2,(H,15,16). The molecule has 16 heavy (non-hydrogen) atoms. The molecule has 5 heteroatoms. The minimum Gasteiger partial charge on any atom is -0.366 e. The van der Waals surface area contributed by atoms with Crippen LogP contribution in [0.3, 0.4) is 0 Å². The Morgan fingerprint density at radius 2 is 2.06 bits per heavy atom. The summed E-state index contributed by atoms with van der Waals surface area (Å²) in [7, 11) is 0. The predicted octanol–water partition coefficient (Wildman–Crippen LogP) is 3.18. The lowest BCUT2D eigenvalue weighted by Crippen LogP contribution is -2.33. The second kappa shape index (κ2) is 5.34. The summed E-state index contributed by atoms with van der Waals surface area (Å²) in [5.41, 5.74) is 5.87. The molecule has 0 bridgehead atoms. The Labute approximate surface area is 109 Å². The van der Waals surface area contributed by atoms with Crippen LogP contribution in [0.5, 0.6) is 0 Å². The van der Waals surface area contributed by atoms with Crippen LogP contribution < -0.4 is 11.1 Å². The number of rotatable bonds is 2. The minimum absolute atomic E-state index is 0.375. The van der Waals surface area contributed by atoms with E-state index in [-0.39, 0.29) is 0 Å². The molecule has 1 fully saturated rings. The van der Waals surface area contributed by atoms with Crippen LogP contribution in [0.15, 0.2) is 16.7 Å². The molecular weight excluding hydrogens is 289 g/mol. The van der Waals surface area contributed by atoms with Crippen molar-refractivity contribution >= 4 is 33.3 Å². The summed E-state index contributed by atoms with van der Waals surface area (Å²) < 4.78 is 0.912. The van der Waals surface area contributed by atoms with Crippen molar-refractivity contribution in [1.29, 1.82) is 0 Å². The number of anilines is 1. The first-order valence-electron chi connectivity index (χ1n) is 5.48. The van der Waals surface area contributed by atoms with E-state index in [1.54, 1.807) is 6.20 Å². The van der Waals surface area contributed by atoms with E-state index in [9.17, 15) is 0 Å². The molecule has 0 saturated heterocycles. The molecule has 1 aliphatic carbocycles. The van der Waals surface area contributed by atoms with Gasteiger partial charge in [0, 0.05) is 18.3 Å². The number of hydrogen-bond donors (Lipinski definition) is 2. The molecule has 1 heterocycles. The zero-order valence-corrected chi connectivity index (χ0v) is 11.3. The van der Waals surface area contributed by atoms with Crippen LogP contribution in [0.1, 0.15) is 25.7 Å². The molecule has 1 aromatic rings. The van der Waals surface area contributed by atoms with Gasteiger partial charge < -0.3 is 11.1 Å². The van der Waals surface area contributed by atoms with Gasteiger partial charge in [-0.15, -0.1) is 0 Å². The molecule has 0 radical (unpaired) electrons. The van der Waals surface area contributed by atoms with Gasteiger partial charge >= 0.3 is 0 Å². The summed E-state index contributed by atoms with van der Waals surface area (Å²) in [6, 6.07) is 2.70. The highest BCUT2D eigenvalue weighted by molar-refractivity contribution is 9.10. The number of nitrogens with one attached hydrogen (secondary N) is 1. The second-order valence-corrected chi connectivity index (χ2v) is 5.53. The first-order valence-corrected chi connectivity index (χ1v) is 6.65. The van der Waals surface area contributed by atoms with E-state index in [1.807, 2.05) is 6.07 Å². The Morgan fingerprint density at radius 1 is 1.38 bits per heavy atom. The molecule has 0 amide bonds. The zero-order valence-electron chi connectivity index (χ0n) is 8.92. The lowest BCUT2D eigenvalue weighted by molar-refractivity contribution is 0.410. The van der Waals surface area contributed by atoms with E-state index >= 15 is 0 Å². The largest absolute Gasteiger partial charge is 0.366 e. The quantitative estimate of drug-likeness (QED) is 0.882. The van der Waals surface area contributed by atoms with Crippen LogP contribution in [-0.4, -0.2) is 17.1 Å². The van der Waals surface area contributed by atoms with Crippen molar-refractivity contribution in [3.8, 4) is 0 Å². The minimum atomic E-state index is 0.375. The molecule has 0 aliphatic heterocycles. The van der Waals surface area contributed by atoms with Gasteiger partial charge in [-0.3, -0.25) is 0 Å². The topological polar surface area (TPSA) is 50.9 Å². The molecule has 1 saturated carbocycles. The molecule has 0 spiro atoms. The molecule has 2 rings (SSSR count). The number of nitrogens with zero attached hydrogens (tertiary/aromatic N) is 1. The Kier molecular flexibility index (Phi) is 4.05. The maximum Gasteiger partial charge on any atom is 0.140 e. The van der Waals surface area contributed by atoms with E-state index in [4.69, 9.17) is 17.3 Å². The van der Waals surface area contributed by atoms with Crippen molar-refractivity contribution in [3.05, 3.63) is 21.8 Å². The van der Waals surface area contributed by atoms with Crippen LogP contribution in [-0.2, 0) is 0 Å². The fraction of sp³-hybridized carbons (Fsp3) is 0.545. The summed E-state index contributed by atoms with van der Waals surface area (Å²) in [6.07, 6.45) is 6.05. The molecule has 3 N–H and O–H groups in total. The van der Waals surface area contributed by atoms with E-state index < -0.39 is 0 Å². The third-order valence-corrected chi connectivity index (χ3v) is 3.73. The highest BCUT2D eigenvalue weighted by Crippen LogP contribution is 2.26. The van der Waals surface area contributed by atoms with Gasteiger partial charge in [0.2, 0.25) is 0 Å². The summed E-state index contributed by atoms with van der Waals surface area (Å²) in [4.78, 5) is 4.27. The first-order chi connectivity index (χ1) is 7.65. The fourth-order valence-corrected chi connectivity index (χ4v) is 2.73. The lowest BCUT2D eigenvalue weighted by Gasteiger charge is -2.27. The van der Waals surface area contributed by atoms with Gasteiger partial charge in [0.05, 0.1) is 9.50 Å². The second-order valence-electron chi connectivity index (χ2n) is 4.24. The Morgan fingerprint density at radius 3 is 2.69 bits per heavy atom. The molecule has 88 valence electrons. The summed E-state index contributed by atoms with van der Waals surface area (Å²) in [5, 5.41) is 4.07. The fourth-order valence-electron chi connectivity index (χ4n) is 1.98. The third kappa shape index (κ3) is 3.09. The molecular formula is C11H15BrClN3. The third-order valence-electron chi connectivity index (χ3n) is 2.92. The number of hydrogen-bond acceptors (Lipinski definition) is 3. The lowest BCUT2D eigenvalue weighted by atomic mass is 9.92. The predicted molar refractivity (Wildman–Crippen MR) is 70.8 cm³/mol. The van der Waals surface area contributed by atoms with Crippen molar-refractivity contribution in [2.45, 2.75) is 37.8 Å². The monoisotopic (exact) mass is 303 g/mol. The number of aromatic nitrogens is 1. The Bertz CT molecular complexity index is 364. The molecule has 0 aromatic carbocycles. The Balaban J connectivity index is 1.98. The van der Waals surface area contributed by atoms with Crippen molar-refractivity contribution in [3.63, 3.8) is 0 Å². The van der Waals surface area contributed by atoms with Gasteiger partial charge in [0.15, 0.2) is 0 Å². The van der Waals surface area contributed by atoms with Gasteiger partial charge in [0.1, 0.15) is 5.82 Å². The molecule has 0 unspecified atom stereocenters. The van der Waals surface area contributed by atoms with Crippen LogP contribution in [0.2, 0.25) is 5.02 Å². The number of halogens is 2. The summed E-state index contributed by atoms with van der Waals surface area (Å²) >= 11 is 9.29. The summed E-state index contributed by atoms with van der Waals surface area (Å²) in [6.45, 7) is 0. The maximum absolute atomic E-state index is 5.87. The normalized spacial score (nSPS) is 25.4. The number of pyridine rings is 1. The number of nitrogens with two attached hydrogens (primary N) is 1. The Hall–Kier alpha value is -0.320. The van der Waals surface area contributed by atoms with Crippen molar-refractivity contribution < 1.29 is 0 Å². The van der Waals surface area contributed by atoms with Crippen LogP contribution in [0.4, 0.5) is 5.82 Å². The van der Waals surface area contributed by atoms with E-state index in [0.717, 1.165) is 36.0 Å². The van der Waals surface area contributed by atoms with Gasteiger partial charge in [-0.05, 0) is 47.7 Å². The molecule has 1 aromatic heterocycles. The van der Waals surface area contributed by atoms with Crippen molar-refractivity contribution in [2.75, 3.05) is 5.32 Å². The smallest absolute Gasteiger partial charge is 0.140 e. The van der Waals surface area contributed by atoms with Crippen molar-refractivity contribution in [1.82, 2.24) is 4.98 Å². The SMILES string of the molecule is NC1CCC(Nc2ncc(Cl)cc2Br)CC1. The van der Waals surface area contributed by atoms with Crippen LogP contribution in [0, 0.1) is 0 Å². The molecule has 0 atom stereocenters. The van der Waals surface area contributed by atoms with Gasteiger partial charge in [-0.2, -0.15) is 0 Å². The highest BCUT2D eigenvalue weighted by atomic mass is 79.9. The zero-order chi connectivity index (χ0) is 11.5. The highest BCUT2D eigenvalue weighted by Gasteiger charge is 2.19. The average molecular weight is 305 g/mol. The summed E-state index contributed by atoms with van der Waals surface area (Å²) in [5.74, 6) is 0.866. The molecule has 1 aliphatic rings. The van der Waals surface area contributed by atoms with E-state index in [0.29, 0.717) is 17.1 Å². The maximum atomic E-state index is 5.87. The van der Waals surface area contributed by atoms with E-state index in [2.05, 4.69) is 26.2 Å². The molecule has 3 nitrogen and oxygen atoms in total. The van der Waals surface area contributed by atoms with Gasteiger partial charge in [-0.1, -0.05) is 11.6 Å². The van der Waals surface area contributed by atoms with Gasteiger partial charge in [-0.25, -0.2) is 4.98 Å². The van der Waals surface area contributed by atoms with Crippen LogP contribution in [0.25, 0.3) is 0 Å². The van der Waals surface area contributed by atoms with Crippen molar-refractivity contribution in [2.24, 2.45) is 5.73 Å². The average Bonchev–Trinajstić information content (AvgIpc) is 2.25. The van der Waals surface area contributed by atoms with E-state index in [1.165, 1.54) is 0 Å². The van der Waals surface area contributed by atoms with Gasteiger partial charge in [0.25, 0.3) is 0 Å². The van der Waals surface area contributed by atoms with Crippen LogP contribution >= 0.6 is 27.5 Å². The first kappa shape index (κ1) is 12.1.